The van der Waals surface area contributed by atoms with E-state index in [-0.39, 0.29) is 0 Å². The third-order valence-electron chi connectivity index (χ3n) is 12.4. The van der Waals surface area contributed by atoms with Gasteiger partial charge in [-0.3, -0.25) is 0 Å². The summed E-state index contributed by atoms with van der Waals surface area (Å²) >= 11 is -0.826. The molecule has 0 bridgehead atoms. The molecule has 0 unspecified atom stereocenters. The molecule has 4 heteroatoms. The molecule has 0 nitrogen and oxygen atoms in total. The summed E-state index contributed by atoms with van der Waals surface area (Å²) in [5.74, 6) is 2.10. The van der Waals surface area contributed by atoms with E-state index >= 15 is 0 Å². The van der Waals surface area contributed by atoms with Crippen LogP contribution in [0.3, 0.4) is 0 Å². The summed E-state index contributed by atoms with van der Waals surface area (Å²) in [4.78, 5) is 0. The van der Waals surface area contributed by atoms with E-state index in [0.717, 1.165) is 35.2 Å². The average molecular weight is 1010 g/mol. The normalized spacial score (nSPS) is 11.1. The SMILES string of the molecule is CCCc1ccc2[cH-]c(-c3ccccc3)cc2c1-c1cc(C(C)C)cc(C(C)C)c1.CCCc1ccc2[cH-]c(-c3ccccc3)cc2c1-c1cc(C(C)C)cc(C(C)C)c1.C[Si]C.[Cl][Zr+2][Cl]. The molecule has 0 amide bonds. The van der Waals surface area contributed by atoms with E-state index in [1.54, 1.807) is 0 Å². The van der Waals surface area contributed by atoms with Crippen LogP contribution in [0, 0.1) is 0 Å². The van der Waals surface area contributed by atoms with E-state index in [9.17, 15) is 0 Å². The van der Waals surface area contributed by atoms with Crippen LogP contribution in [-0.4, -0.2) is 9.52 Å². The third-order valence-corrected chi connectivity index (χ3v) is 12.4. The van der Waals surface area contributed by atoms with Crippen molar-refractivity contribution in [1.82, 2.24) is 0 Å². The number of benzene rings is 6. The summed E-state index contributed by atoms with van der Waals surface area (Å²) < 4.78 is 0. The number of hydrogen-bond acceptors (Lipinski definition) is 0. The second kappa shape index (κ2) is 26.1. The number of fused-ring (bicyclic) bond motifs is 2. The summed E-state index contributed by atoms with van der Waals surface area (Å²) in [5, 5.41) is 5.44. The van der Waals surface area contributed by atoms with Crippen LogP contribution in [0.1, 0.15) is 139 Å². The van der Waals surface area contributed by atoms with Gasteiger partial charge in [-0.25, -0.2) is 0 Å². The summed E-state index contributed by atoms with van der Waals surface area (Å²) in [6, 6.07) is 54.8. The first-order valence-corrected chi connectivity index (χ1v) is 32.5. The zero-order chi connectivity index (χ0) is 47.9. The Bertz CT molecular complexity index is 2480. The summed E-state index contributed by atoms with van der Waals surface area (Å²) in [5.41, 5.74) is 19.5. The van der Waals surface area contributed by atoms with Crippen molar-refractivity contribution < 1.29 is 20.8 Å². The molecule has 0 heterocycles. The van der Waals surface area contributed by atoms with Crippen LogP contribution in [0.2, 0.25) is 13.1 Å². The van der Waals surface area contributed by atoms with Gasteiger partial charge in [0, 0.05) is 9.52 Å². The van der Waals surface area contributed by atoms with Gasteiger partial charge in [-0.2, -0.15) is 0 Å². The molecule has 0 aliphatic heterocycles. The quantitative estimate of drug-likeness (QED) is 0.0845. The molecule has 0 aliphatic carbocycles. The van der Waals surface area contributed by atoms with Gasteiger partial charge in [-0.1, -0.05) is 227 Å². The van der Waals surface area contributed by atoms with Gasteiger partial charge in [0.25, 0.3) is 0 Å². The van der Waals surface area contributed by atoms with Crippen LogP contribution >= 0.6 is 17.0 Å². The van der Waals surface area contributed by atoms with Gasteiger partial charge in [0.15, 0.2) is 0 Å². The van der Waals surface area contributed by atoms with Crippen molar-refractivity contribution in [2.75, 3.05) is 0 Å². The molecule has 8 aromatic rings. The van der Waals surface area contributed by atoms with Gasteiger partial charge in [0.1, 0.15) is 0 Å². The maximum absolute atomic E-state index is 4.93. The number of halogens is 2. The molecule has 8 aromatic carbocycles. The molecular formula is C62H72Cl2SiZr. The summed E-state index contributed by atoms with van der Waals surface area (Å²) in [7, 11) is 11.0. The predicted molar refractivity (Wildman–Crippen MR) is 294 cm³/mol. The first-order valence-electron chi connectivity index (χ1n) is 24.2. The Kier molecular flexibility index (Phi) is 21.0. The molecule has 0 N–H and O–H groups in total. The van der Waals surface area contributed by atoms with Gasteiger partial charge in [-0.05, 0) is 81.0 Å². The Hall–Kier alpha value is -3.78. The van der Waals surface area contributed by atoms with Gasteiger partial charge < -0.3 is 0 Å². The van der Waals surface area contributed by atoms with E-state index in [1.165, 1.54) is 99.4 Å². The molecule has 0 aliphatic rings. The predicted octanol–water partition coefficient (Wildman–Crippen LogP) is 20.3. The zero-order valence-electron chi connectivity index (χ0n) is 41.8. The zero-order valence-corrected chi connectivity index (χ0v) is 46.7. The Morgan fingerprint density at radius 1 is 0.439 bits per heavy atom. The molecule has 8 rings (SSSR count). The monoisotopic (exact) mass is 1000 g/mol. The van der Waals surface area contributed by atoms with Crippen LogP contribution in [0.5, 0.6) is 0 Å². The Labute approximate surface area is 420 Å². The molecule has 0 saturated heterocycles. The third kappa shape index (κ3) is 13.7. The van der Waals surface area contributed by atoms with E-state index in [1.807, 2.05) is 0 Å². The fraction of sp³-hybridized carbons (Fsp3) is 0.323. The van der Waals surface area contributed by atoms with Gasteiger partial charge in [-0.15, -0.1) is 69.1 Å². The number of hydrogen-bond donors (Lipinski definition) is 0. The molecule has 0 spiro atoms. The first-order chi connectivity index (χ1) is 31.8. The van der Waals surface area contributed by atoms with Crippen molar-refractivity contribution in [3.8, 4) is 44.5 Å². The fourth-order valence-corrected chi connectivity index (χ4v) is 8.86. The Morgan fingerprint density at radius 2 is 0.742 bits per heavy atom. The van der Waals surface area contributed by atoms with Crippen LogP contribution in [0.4, 0.5) is 0 Å². The molecule has 342 valence electrons. The molecule has 0 atom stereocenters. The number of rotatable bonds is 12. The van der Waals surface area contributed by atoms with Crippen LogP contribution in [0.15, 0.2) is 146 Å². The van der Waals surface area contributed by atoms with Gasteiger partial charge in [0.05, 0.1) is 0 Å². The minimum absolute atomic E-state index is 0.524. The van der Waals surface area contributed by atoms with Crippen molar-refractivity contribution in [1.29, 1.82) is 0 Å². The molecule has 0 fully saturated rings. The van der Waals surface area contributed by atoms with Crippen LogP contribution in [-0.2, 0) is 33.7 Å². The molecular weight excluding hydrogens is 935 g/mol. The Morgan fingerprint density at radius 3 is 1.02 bits per heavy atom. The van der Waals surface area contributed by atoms with Crippen molar-refractivity contribution in [2.24, 2.45) is 0 Å². The standard InChI is InChI=1S/2C30H33.C2H6Si.2ClH.Zr/c2*1-6-10-23-13-14-24-15-27(22-11-8-7-9-12-22)19-29(24)30(23)28-17-25(20(2)3)16-26(18-28)21(4)5;1-3-2;;;/h2*7-9,11-21H,6,10H2,1-5H3;1-2H3;2*1H;/q2*-1;;;;+4/p-2. The van der Waals surface area contributed by atoms with Crippen molar-refractivity contribution in [3.05, 3.63) is 179 Å². The molecule has 2 radical (unpaired) electrons. The molecule has 0 saturated carbocycles. The van der Waals surface area contributed by atoms with Crippen molar-refractivity contribution >= 4 is 48.1 Å². The maximum atomic E-state index is 4.93. The van der Waals surface area contributed by atoms with Crippen molar-refractivity contribution in [3.63, 3.8) is 0 Å². The van der Waals surface area contributed by atoms with Crippen LogP contribution < -0.4 is 0 Å². The van der Waals surface area contributed by atoms with Crippen molar-refractivity contribution in [2.45, 2.75) is 132 Å². The minimum atomic E-state index is -0.826. The summed E-state index contributed by atoms with van der Waals surface area (Å²) in [6.07, 6.45) is 4.54. The van der Waals surface area contributed by atoms with E-state index in [0.29, 0.717) is 23.7 Å². The first kappa shape index (κ1) is 53.2. The molecule has 66 heavy (non-hydrogen) atoms. The average Bonchev–Trinajstić information content (AvgIpc) is 3.95. The second-order valence-corrected chi connectivity index (χ2v) is 23.6. The number of aryl methyl sites for hydroxylation is 2. The van der Waals surface area contributed by atoms with Gasteiger partial charge in [0.2, 0.25) is 0 Å². The van der Waals surface area contributed by atoms with E-state index < -0.39 is 20.8 Å². The topological polar surface area (TPSA) is 0 Å². The van der Waals surface area contributed by atoms with Crippen LogP contribution in [0.25, 0.3) is 66.1 Å². The van der Waals surface area contributed by atoms with E-state index in [2.05, 4.69) is 228 Å². The van der Waals surface area contributed by atoms with E-state index in [4.69, 9.17) is 17.0 Å². The summed E-state index contributed by atoms with van der Waals surface area (Å²) in [6.45, 7) is 27.2. The Balaban J connectivity index is 0.000000221. The van der Waals surface area contributed by atoms with Gasteiger partial charge >= 0.3 is 37.9 Å². The molecule has 0 aromatic heterocycles. The fourth-order valence-electron chi connectivity index (χ4n) is 8.86. The second-order valence-electron chi connectivity index (χ2n) is 18.9.